The van der Waals surface area contributed by atoms with E-state index in [-0.39, 0.29) is 5.91 Å². The number of ether oxygens (including phenoxy) is 1. The van der Waals surface area contributed by atoms with Crippen LogP contribution in [0.25, 0.3) is 0 Å². The zero-order chi connectivity index (χ0) is 13.4. The molecule has 1 heterocycles. The summed E-state index contributed by atoms with van der Waals surface area (Å²) in [5, 5.41) is 0. The minimum Gasteiger partial charge on any atom is -0.452 e. The molecule has 0 aromatic carbocycles. The number of amides is 2. The first kappa shape index (κ1) is 13.4. The van der Waals surface area contributed by atoms with Crippen molar-refractivity contribution in [2.24, 2.45) is 5.41 Å². The topological polar surface area (TPSA) is 63.7 Å². The predicted octanol–water partition coefficient (Wildman–Crippen LogP) is 0.889. The molecule has 0 N–H and O–H groups in total. The van der Waals surface area contributed by atoms with Gasteiger partial charge in [-0.05, 0) is 27.7 Å². The van der Waals surface area contributed by atoms with Gasteiger partial charge in [0.25, 0.3) is 5.91 Å². The van der Waals surface area contributed by atoms with Crippen molar-refractivity contribution in [1.82, 2.24) is 4.90 Å². The molecule has 1 fully saturated rings. The fraction of sp³-hybridized carbons (Fsp3) is 0.583. The molecule has 0 bridgehead atoms. The molecule has 2 amide bonds. The van der Waals surface area contributed by atoms with Gasteiger partial charge >= 0.3 is 5.97 Å². The minimum atomic E-state index is -0.677. The third-order valence-electron chi connectivity index (χ3n) is 3.58. The third-order valence-corrected chi connectivity index (χ3v) is 3.58. The summed E-state index contributed by atoms with van der Waals surface area (Å²) in [4.78, 5) is 35.5. The van der Waals surface area contributed by atoms with Crippen molar-refractivity contribution >= 4 is 17.8 Å². The molecule has 5 heteroatoms. The van der Waals surface area contributed by atoms with Crippen molar-refractivity contribution in [2.75, 3.05) is 6.61 Å². The Hall–Kier alpha value is -1.65. The van der Waals surface area contributed by atoms with Gasteiger partial charge in [0, 0.05) is 6.08 Å². The second kappa shape index (κ2) is 3.98. The van der Waals surface area contributed by atoms with E-state index in [1.807, 2.05) is 13.8 Å². The maximum Gasteiger partial charge on any atom is 0.330 e. The van der Waals surface area contributed by atoms with Gasteiger partial charge in [0.05, 0.1) is 11.0 Å². The Labute approximate surface area is 100 Å². The summed E-state index contributed by atoms with van der Waals surface area (Å²) in [6, 6.07) is 0. The SMILES string of the molecule is C=CC(=O)OCC(=O)N1C(=O)C(C)(C)C1(C)C. The summed E-state index contributed by atoms with van der Waals surface area (Å²) in [5.41, 5.74) is -1.15. The molecule has 5 nitrogen and oxygen atoms in total. The zero-order valence-corrected chi connectivity index (χ0v) is 10.6. The lowest BCUT2D eigenvalue weighted by Crippen LogP contribution is -2.75. The Morgan fingerprint density at radius 3 is 2.29 bits per heavy atom. The normalized spacial score (nSPS) is 20.5. The molecular weight excluding hydrogens is 222 g/mol. The Bertz CT molecular complexity index is 395. The van der Waals surface area contributed by atoms with Crippen molar-refractivity contribution in [2.45, 2.75) is 33.2 Å². The molecule has 1 aliphatic heterocycles. The molecule has 0 radical (unpaired) electrons. The van der Waals surface area contributed by atoms with Gasteiger partial charge in [-0.3, -0.25) is 14.5 Å². The average Bonchev–Trinajstić information content (AvgIpc) is 2.25. The summed E-state index contributed by atoms with van der Waals surface area (Å²) in [5.74, 6) is -1.43. The maximum atomic E-state index is 11.8. The summed E-state index contributed by atoms with van der Waals surface area (Å²) in [6.07, 6.45) is 0.973. The molecule has 0 aliphatic carbocycles. The van der Waals surface area contributed by atoms with E-state index in [1.54, 1.807) is 13.8 Å². The Morgan fingerprint density at radius 1 is 1.35 bits per heavy atom. The van der Waals surface area contributed by atoms with Crippen LogP contribution >= 0.6 is 0 Å². The molecule has 0 spiro atoms. The number of hydrogen-bond acceptors (Lipinski definition) is 4. The highest BCUT2D eigenvalue weighted by atomic mass is 16.5. The molecule has 17 heavy (non-hydrogen) atoms. The summed E-state index contributed by atoms with van der Waals surface area (Å²) >= 11 is 0. The van der Waals surface area contributed by atoms with Crippen LogP contribution in [0.2, 0.25) is 0 Å². The number of carbonyl (C=O) groups is 3. The fourth-order valence-electron chi connectivity index (χ4n) is 1.70. The van der Waals surface area contributed by atoms with E-state index >= 15 is 0 Å². The lowest BCUT2D eigenvalue weighted by molar-refractivity contribution is -0.190. The van der Waals surface area contributed by atoms with Gasteiger partial charge < -0.3 is 4.74 Å². The molecule has 1 aliphatic rings. The highest BCUT2D eigenvalue weighted by Crippen LogP contribution is 2.47. The summed E-state index contributed by atoms with van der Waals surface area (Å²) in [6.45, 7) is 9.97. The van der Waals surface area contributed by atoms with E-state index in [0.717, 1.165) is 11.0 Å². The zero-order valence-electron chi connectivity index (χ0n) is 10.6. The van der Waals surface area contributed by atoms with Gasteiger partial charge in [0.1, 0.15) is 0 Å². The van der Waals surface area contributed by atoms with Crippen LogP contribution in [0.1, 0.15) is 27.7 Å². The van der Waals surface area contributed by atoms with Crippen LogP contribution in [-0.4, -0.2) is 34.8 Å². The first-order valence-corrected chi connectivity index (χ1v) is 5.33. The third kappa shape index (κ3) is 1.85. The van der Waals surface area contributed by atoms with Gasteiger partial charge in [-0.1, -0.05) is 6.58 Å². The number of rotatable bonds is 3. The van der Waals surface area contributed by atoms with E-state index < -0.39 is 29.4 Å². The van der Waals surface area contributed by atoms with Crippen LogP contribution < -0.4 is 0 Å². The van der Waals surface area contributed by atoms with Crippen LogP contribution in [0.4, 0.5) is 0 Å². The van der Waals surface area contributed by atoms with Gasteiger partial charge in [-0.2, -0.15) is 0 Å². The van der Waals surface area contributed by atoms with Crippen LogP contribution in [0.15, 0.2) is 12.7 Å². The van der Waals surface area contributed by atoms with E-state index in [0.29, 0.717) is 0 Å². The van der Waals surface area contributed by atoms with Crippen molar-refractivity contribution in [3.05, 3.63) is 12.7 Å². The Morgan fingerprint density at radius 2 is 1.88 bits per heavy atom. The van der Waals surface area contributed by atoms with Crippen molar-refractivity contribution in [3.8, 4) is 0 Å². The number of hydrogen-bond donors (Lipinski definition) is 0. The molecule has 94 valence electrons. The molecule has 0 unspecified atom stereocenters. The molecule has 0 aromatic heterocycles. The number of nitrogens with zero attached hydrogens (tertiary/aromatic N) is 1. The predicted molar refractivity (Wildman–Crippen MR) is 60.9 cm³/mol. The molecule has 1 rings (SSSR count). The van der Waals surface area contributed by atoms with Crippen molar-refractivity contribution < 1.29 is 19.1 Å². The van der Waals surface area contributed by atoms with Crippen LogP contribution in [0, 0.1) is 5.41 Å². The van der Waals surface area contributed by atoms with E-state index in [4.69, 9.17) is 0 Å². The number of imide groups is 1. The van der Waals surface area contributed by atoms with Crippen molar-refractivity contribution in [1.29, 1.82) is 0 Å². The summed E-state index contributed by atoms with van der Waals surface area (Å²) < 4.78 is 4.62. The highest BCUT2D eigenvalue weighted by Gasteiger charge is 2.62. The largest absolute Gasteiger partial charge is 0.452 e. The van der Waals surface area contributed by atoms with E-state index in [9.17, 15) is 14.4 Å². The lowest BCUT2D eigenvalue weighted by atomic mass is 9.64. The second-order valence-electron chi connectivity index (χ2n) is 5.03. The lowest BCUT2D eigenvalue weighted by Gasteiger charge is -2.58. The van der Waals surface area contributed by atoms with Crippen LogP contribution in [0.3, 0.4) is 0 Å². The Kier molecular flexibility index (Phi) is 3.14. The number of likely N-dealkylation sites (tertiary alicyclic amines) is 1. The number of esters is 1. The monoisotopic (exact) mass is 239 g/mol. The minimum absolute atomic E-state index is 0.248. The molecule has 1 saturated heterocycles. The van der Waals surface area contributed by atoms with E-state index in [2.05, 4.69) is 11.3 Å². The highest BCUT2D eigenvalue weighted by molar-refractivity contribution is 6.05. The fourth-order valence-corrected chi connectivity index (χ4v) is 1.70. The van der Waals surface area contributed by atoms with Crippen molar-refractivity contribution in [3.63, 3.8) is 0 Å². The Balaban J connectivity index is 2.70. The first-order chi connectivity index (χ1) is 7.66. The van der Waals surface area contributed by atoms with Crippen LogP contribution in [0.5, 0.6) is 0 Å². The number of β-lactam (4-membered cyclic amide) rings is 1. The summed E-state index contributed by atoms with van der Waals surface area (Å²) in [7, 11) is 0. The molecular formula is C12H17NO4. The molecule has 0 aromatic rings. The van der Waals surface area contributed by atoms with Gasteiger partial charge in [-0.25, -0.2) is 4.79 Å². The quantitative estimate of drug-likeness (QED) is 0.417. The van der Waals surface area contributed by atoms with E-state index in [1.165, 1.54) is 0 Å². The molecule has 0 saturated carbocycles. The second-order valence-corrected chi connectivity index (χ2v) is 5.03. The van der Waals surface area contributed by atoms with Gasteiger partial charge in [0.2, 0.25) is 5.91 Å². The molecule has 0 atom stereocenters. The first-order valence-electron chi connectivity index (χ1n) is 5.33. The van der Waals surface area contributed by atoms with Gasteiger partial charge in [-0.15, -0.1) is 0 Å². The van der Waals surface area contributed by atoms with Crippen LogP contribution in [-0.2, 0) is 19.1 Å². The standard InChI is InChI=1S/C12H17NO4/c1-6-9(15)17-7-8(14)13-10(16)11(2,3)12(13,4)5/h6H,1,7H2,2-5H3. The van der Waals surface area contributed by atoms with Gasteiger partial charge in [0.15, 0.2) is 6.61 Å². The maximum absolute atomic E-state index is 11.8. The number of carbonyl (C=O) groups excluding carboxylic acids is 3. The smallest absolute Gasteiger partial charge is 0.330 e. The average molecular weight is 239 g/mol.